The molecule has 9 nitrogen and oxygen atoms in total. The van der Waals surface area contributed by atoms with E-state index in [-0.39, 0.29) is 36.4 Å². The SMILES string of the molecule is CC(=O)OCC1=C2/C(=C\[C@]3(C)CC[C@@](O)(O3)[C@](C)(O)C[C@H]2OC(C)=O)OC1=O. The molecular weight excluding hydrogens is 372 g/mol. The van der Waals surface area contributed by atoms with Crippen LogP contribution in [0.1, 0.15) is 47.0 Å². The summed E-state index contributed by atoms with van der Waals surface area (Å²) in [4.78, 5) is 35.3. The zero-order chi connectivity index (χ0) is 20.9. The average Bonchev–Trinajstić information content (AvgIpc) is 3.01. The molecule has 28 heavy (non-hydrogen) atoms. The lowest BCUT2D eigenvalue weighted by molar-refractivity contribution is -0.298. The molecular formula is C19H24O9. The van der Waals surface area contributed by atoms with E-state index in [1.165, 1.54) is 26.8 Å². The molecule has 3 aliphatic rings. The second kappa shape index (κ2) is 6.68. The Bertz CT molecular complexity index is 793. The highest BCUT2D eigenvalue weighted by Gasteiger charge is 2.58. The number of hydrogen-bond acceptors (Lipinski definition) is 9. The van der Waals surface area contributed by atoms with E-state index < -0.39 is 41.0 Å². The third kappa shape index (κ3) is 3.57. The van der Waals surface area contributed by atoms with Gasteiger partial charge in [0.2, 0.25) is 0 Å². The van der Waals surface area contributed by atoms with Crippen LogP contribution in [-0.2, 0) is 33.3 Å². The standard InChI is InChI=1S/C19H24O9/c1-10(20)25-9-12-15-13(27-16(12)22)7-17(3)5-6-19(24,28-17)18(4,23)8-14(15)26-11(2)21/h7,14,23-24H,5-6,8-9H2,1-4H3/b13-7+/t14-,17+,18-,19-/m1/s1. The first-order chi connectivity index (χ1) is 12.9. The van der Waals surface area contributed by atoms with Crippen molar-refractivity contribution in [2.24, 2.45) is 0 Å². The minimum absolute atomic E-state index is 0.0110. The van der Waals surface area contributed by atoms with E-state index in [4.69, 9.17) is 18.9 Å². The van der Waals surface area contributed by atoms with Crippen molar-refractivity contribution in [1.29, 1.82) is 0 Å². The third-order valence-electron chi connectivity index (χ3n) is 5.31. The highest BCUT2D eigenvalue weighted by Crippen LogP contribution is 2.49. The smallest absolute Gasteiger partial charge is 0.343 e. The van der Waals surface area contributed by atoms with Gasteiger partial charge in [0.1, 0.15) is 24.1 Å². The quantitative estimate of drug-likeness (QED) is 0.521. The number of hydrogen-bond donors (Lipinski definition) is 2. The minimum atomic E-state index is -1.88. The Kier molecular flexibility index (Phi) is 4.89. The maximum atomic E-state index is 12.4. The van der Waals surface area contributed by atoms with Gasteiger partial charge >= 0.3 is 17.9 Å². The van der Waals surface area contributed by atoms with Crippen LogP contribution in [0.2, 0.25) is 0 Å². The minimum Gasteiger partial charge on any atom is -0.461 e. The van der Waals surface area contributed by atoms with Crippen molar-refractivity contribution in [3.63, 3.8) is 0 Å². The molecule has 0 unspecified atom stereocenters. The van der Waals surface area contributed by atoms with Gasteiger partial charge in [-0.05, 0) is 26.3 Å². The average molecular weight is 396 g/mol. The molecule has 0 aliphatic carbocycles. The molecule has 0 amide bonds. The summed E-state index contributed by atoms with van der Waals surface area (Å²) >= 11 is 0. The summed E-state index contributed by atoms with van der Waals surface area (Å²) in [5.41, 5.74) is -2.62. The number of aliphatic hydroxyl groups is 2. The van der Waals surface area contributed by atoms with Gasteiger partial charge in [0.15, 0.2) is 5.79 Å². The number of carbonyl (C=O) groups excluding carboxylic acids is 3. The summed E-state index contributed by atoms with van der Waals surface area (Å²) in [6.07, 6.45) is 0.653. The molecule has 0 aromatic carbocycles. The predicted molar refractivity (Wildman–Crippen MR) is 92.3 cm³/mol. The van der Waals surface area contributed by atoms with Gasteiger partial charge in [-0.15, -0.1) is 0 Å². The van der Waals surface area contributed by atoms with Crippen LogP contribution in [0.5, 0.6) is 0 Å². The lowest BCUT2D eigenvalue weighted by Gasteiger charge is -2.40. The zero-order valence-electron chi connectivity index (χ0n) is 16.2. The van der Waals surface area contributed by atoms with Gasteiger partial charge in [0.25, 0.3) is 0 Å². The summed E-state index contributed by atoms with van der Waals surface area (Å²) in [6.45, 7) is 5.08. The van der Waals surface area contributed by atoms with Crippen LogP contribution in [0.25, 0.3) is 0 Å². The first kappa shape index (κ1) is 20.5. The van der Waals surface area contributed by atoms with E-state index in [0.717, 1.165) is 0 Å². The van der Waals surface area contributed by atoms with Crippen LogP contribution >= 0.6 is 0 Å². The van der Waals surface area contributed by atoms with Crippen molar-refractivity contribution in [2.45, 2.75) is 70.1 Å². The molecule has 0 aromatic heterocycles. The molecule has 0 spiro atoms. The van der Waals surface area contributed by atoms with Crippen LogP contribution in [0, 0.1) is 0 Å². The van der Waals surface area contributed by atoms with Crippen LogP contribution in [-0.4, -0.2) is 57.8 Å². The van der Waals surface area contributed by atoms with E-state index in [2.05, 4.69) is 0 Å². The largest absolute Gasteiger partial charge is 0.461 e. The molecule has 3 rings (SSSR count). The van der Waals surface area contributed by atoms with Gasteiger partial charge < -0.3 is 29.2 Å². The Morgan fingerprint density at radius 3 is 2.50 bits per heavy atom. The number of rotatable bonds is 3. The highest BCUT2D eigenvalue weighted by molar-refractivity contribution is 5.95. The van der Waals surface area contributed by atoms with Crippen molar-refractivity contribution in [2.75, 3.05) is 6.61 Å². The first-order valence-corrected chi connectivity index (χ1v) is 9.00. The van der Waals surface area contributed by atoms with Crippen LogP contribution in [0.3, 0.4) is 0 Å². The van der Waals surface area contributed by atoms with Crippen LogP contribution in [0.4, 0.5) is 0 Å². The van der Waals surface area contributed by atoms with Crippen molar-refractivity contribution in [3.8, 4) is 0 Å². The Balaban J connectivity index is 2.16. The van der Waals surface area contributed by atoms with Crippen LogP contribution < -0.4 is 0 Å². The molecule has 9 heteroatoms. The van der Waals surface area contributed by atoms with Gasteiger partial charge in [-0.1, -0.05) is 0 Å². The first-order valence-electron chi connectivity index (χ1n) is 9.00. The monoisotopic (exact) mass is 396 g/mol. The second-order valence-electron chi connectivity index (χ2n) is 7.85. The zero-order valence-corrected chi connectivity index (χ0v) is 16.2. The van der Waals surface area contributed by atoms with Gasteiger partial charge in [-0.2, -0.15) is 0 Å². The van der Waals surface area contributed by atoms with Gasteiger partial charge in [-0.25, -0.2) is 4.79 Å². The number of esters is 3. The summed E-state index contributed by atoms with van der Waals surface area (Å²) < 4.78 is 21.5. The maximum Gasteiger partial charge on any atom is 0.343 e. The summed E-state index contributed by atoms with van der Waals surface area (Å²) in [5, 5.41) is 21.9. The van der Waals surface area contributed by atoms with Gasteiger partial charge in [-0.3, -0.25) is 9.59 Å². The normalized spacial score (nSPS) is 39.1. The molecule has 3 heterocycles. The fourth-order valence-electron chi connectivity index (χ4n) is 3.83. The van der Waals surface area contributed by atoms with Crippen molar-refractivity contribution in [1.82, 2.24) is 0 Å². The van der Waals surface area contributed by atoms with Crippen molar-refractivity contribution < 1.29 is 43.5 Å². The topological polar surface area (TPSA) is 129 Å². The summed E-state index contributed by atoms with van der Waals surface area (Å²) in [6, 6.07) is 0. The van der Waals surface area contributed by atoms with E-state index in [9.17, 15) is 24.6 Å². The molecule has 0 radical (unpaired) electrons. The van der Waals surface area contributed by atoms with E-state index in [1.54, 1.807) is 6.92 Å². The highest BCUT2D eigenvalue weighted by atomic mass is 16.7. The molecule has 2 N–H and O–H groups in total. The maximum absolute atomic E-state index is 12.4. The molecule has 0 aromatic rings. The Morgan fingerprint density at radius 1 is 1.21 bits per heavy atom. The van der Waals surface area contributed by atoms with Crippen LogP contribution in [0.15, 0.2) is 23.0 Å². The predicted octanol–water partition coefficient (Wildman–Crippen LogP) is 0.631. The Labute approximate surface area is 161 Å². The molecule has 4 atom stereocenters. The van der Waals surface area contributed by atoms with Gasteiger partial charge in [0, 0.05) is 32.3 Å². The Hall–Kier alpha value is -2.23. The van der Waals surface area contributed by atoms with Crippen molar-refractivity contribution in [3.05, 3.63) is 23.0 Å². The molecule has 3 aliphatic heterocycles. The molecule has 154 valence electrons. The molecule has 2 bridgehead atoms. The fourth-order valence-corrected chi connectivity index (χ4v) is 3.83. The summed E-state index contributed by atoms with van der Waals surface area (Å²) in [7, 11) is 0. The number of fused-ring (bicyclic) bond motifs is 3. The third-order valence-corrected chi connectivity index (χ3v) is 5.31. The van der Waals surface area contributed by atoms with E-state index >= 15 is 0 Å². The fraction of sp³-hybridized carbons (Fsp3) is 0.632. The number of ether oxygens (including phenoxy) is 4. The lowest BCUT2D eigenvalue weighted by Crippen LogP contribution is -2.54. The molecule has 0 saturated carbocycles. The second-order valence-corrected chi connectivity index (χ2v) is 7.85. The summed E-state index contributed by atoms with van der Waals surface area (Å²) in [5.74, 6) is -3.76. The molecule has 1 saturated heterocycles. The van der Waals surface area contributed by atoms with E-state index in [0.29, 0.717) is 6.42 Å². The molecule has 1 fully saturated rings. The van der Waals surface area contributed by atoms with E-state index in [1.807, 2.05) is 0 Å². The van der Waals surface area contributed by atoms with Crippen molar-refractivity contribution >= 4 is 17.9 Å². The van der Waals surface area contributed by atoms with Gasteiger partial charge in [0.05, 0.1) is 11.2 Å². The lowest BCUT2D eigenvalue weighted by atomic mass is 9.82. The number of carbonyl (C=O) groups is 3. The Morgan fingerprint density at radius 2 is 1.89 bits per heavy atom.